The van der Waals surface area contributed by atoms with E-state index in [1.807, 2.05) is 31.2 Å². The summed E-state index contributed by atoms with van der Waals surface area (Å²) in [6.45, 7) is 4.04. The highest BCUT2D eigenvalue weighted by Gasteiger charge is 2.17. The van der Waals surface area contributed by atoms with E-state index in [4.69, 9.17) is 5.11 Å². The van der Waals surface area contributed by atoms with Crippen molar-refractivity contribution in [2.24, 2.45) is 0 Å². The molecule has 0 fully saturated rings. The largest absolute Gasteiger partial charge is 0.481 e. The Morgan fingerprint density at radius 3 is 2.77 bits per heavy atom. The minimum absolute atomic E-state index is 0.0231. The van der Waals surface area contributed by atoms with Gasteiger partial charge >= 0.3 is 5.97 Å². The van der Waals surface area contributed by atoms with E-state index in [2.05, 4.69) is 15.6 Å². The summed E-state index contributed by atoms with van der Waals surface area (Å²) in [6.07, 6.45) is 0.404. The summed E-state index contributed by atoms with van der Waals surface area (Å²) in [7, 11) is 0. The summed E-state index contributed by atoms with van der Waals surface area (Å²) in [5.41, 5.74) is 2.82. The molecule has 0 atom stereocenters. The Morgan fingerprint density at radius 1 is 1.32 bits per heavy atom. The van der Waals surface area contributed by atoms with E-state index in [-0.39, 0.29) is 18.0 Å². The predicted octanol–water partition coefficient (Wildman–Crippen LogP) is 1.48. The molecule has 2 rings (SSSR count). The maximum Gasteiger partial charge on any atom is 0.303 e. The van der Waals surface area contributed by atoms with E-state index in [0.29, 0.717) is 18.7 Å². The molecule has 0 unspecified atom stereocenters. The number of carboxylic acids is 1. The fraction of sp³-hybridized carbons (Fsp3) is 0.333. The van der Waals surface area contributed by atoms with Gasteiger partial charge in [0.2, 0.25) is 0 Å². The average molecular weight is 302 g/mol. The van der Waals surface area contributed by atoms with Crippen LogP contribution in [0.3, 0.4) is 0 Å². The van der Waals surface area contributed by atoms with Crippen molar-refractivity contribution in [1.82, 2.24) is 20.3 Å². The molecule has 0 spiro atoms. The molecule has 0 radical (unpaired) electrons. The Balaban J connectivity index is 2.07. The first-order chi connectivity index (χ1) is 10.5. The molecule has 2 aromatic rings. The third-order valence-corrected chi connectivity index (χ3v) is 3.21. The van der Waals surface area contributed by atoms with Gasteiger partial charge in [-0.05, 0) is 38.0 Å². The Kier molecular flexibility index (Phi) is 4.88. The lowest BCUT2D eigenvalue weighted by molar-refractivity contribution is -0.137. The molecule has 22 heavy (non-hydrogen) atoms. The van der Waals surface area contributed by atoms with E-state index in [1.165, 1.54) is 0 Å². The summed E-state index contributed by atoms with van der Waals surface area (Å²) in [6, 6.07) is 7.74. The van der Waals surface area contributed by atoms with E-state index >= 15 is 0 Å². The zero-order valence-corrected chi connectivity index (χ0v) is 12.5. The highest BCUT2D eigenvalue weighted by atomic mass is 16.4. The topological polar surface area (TPSA) is 97.1 Å². The third kappa shape index (κ3) is 3.69. The highest BCUT2D eigenvalue weighted by molar-refractivity contribution is 5.93. The summed E-state index contributed by atoms with van der Waals surface area (Å²) in [4.78, 5) is 22.5. The van der Waals surface area contributed by atoms with Crippen molar-refractivity contribution in [2.75, 3.05) is 6.54 Å². The first kappa shape index (κ1) is 15.7. The molecule has 7 heteroatoms. The molecule has 0 bridgehead atoms. The van der Waals surface area contributed by atoms with Crippen molar-refractivity contribution in [3.05, 3.63) is 41.2 Å². The zero-order valence-electron chi connectivity index (χ0n) is 12.5. The predicted molar refractivity (Wildman–Crippen MR) is 80.0 cm³/mol. The molecule has 116 valence electrons. The van der Waals surface area contributed by atoms with Crippen LogP contribution in [-0.2, 0) is 4.79 Å². The number of aliphatic carboxylic acids is 1. The van der Waals surface area contributed by atoms with Crippen LogP contribution in [0, 0.1) is 13.8 Å². The minimum Gasteiger partial charge on any atom is -0.481 e. The number of hydrogen-bond donors (Lipinski definition) is 2. The Bertz CT molecular complexity index is 694. The van der Waals surface area contributed by atoms with Gasteiger partial charge in [-0.25, -0.2) is 4.68 Å². The van der Waals surface area contributed by atoms with Crippen LogP contribution in [0.25, 0.3) is 5.69 Å². The van der Waals surface area contributed by atoms with Crippen LogP contribution in [0.5, 0.6) is 0 Å². The van der Waals surface area contributed by atoms with Gasteiger partial charge in [0.15, 0.2) is 5.69 Å². The second-order valence-electron chi connectivity index (χ2n) is 5.03. The third-order valence-electron chi connectivity index (χ3n) is 3.21. The average Bonchev–Trinajstić information content (AvgIpc) is 2.85. The number of aryl methyl sites for hydroxylation is 1. The normalized spacial score (nSPS) is 10.5. The van der Waals surface area contributed by atoms with Crippen molar-refractivity contribution in [1.29, 1.82) is 0 Å². The summed E-state index contributed by atoms with van der Waals surface area (Å²) < 4.78 is 1.61. The lowest BCUT2D eigenvalue weighted by Crippen LogP contribution is -2.26. The van der Waals surface area contributed by atoms with Crippen LogP contribution in [0.4, 0.5) is 0 Å². The number of rotatable bonds is 6. The molecule has 1 heterocycles. The standard InChI is InChI=1S/C15H18N4O3/c1-10-5-3-6-12(9-10)19-11(2)14(17-18-19)15(22)16-8-4-7-13(20)21/h3,5-6,9H,4,7-8H2,1-2H3,(H,16,22)(H,20,21). The van der Waals surface area contributed by atoms with Gasteiger partial charge in [-0.1, -0.05) is 17.3 Å². The molecule has 2 N–H and O–H groups in total. The van der Waals surface area contributed by atoms with E-state index in [1.54, 1.807) is 11.6 Å². The lowest BCUT2D eigenvalue weighted by atomic mass is 10.2. The first-order valence-corrected chi connectivity index (χ1v) is 6.98. The number of hydrogen-bond acceptors (Lipinski definition) is 4. The number of aromatic nitrogens is 3. The Hall–Kier alpha value is -2.70. The molecular weight excluding hydrogens is 284 g/mol. The molecule has 0 saturated heterocycles. The fourth-order valence-corrected chi connectivity index (χ4v) is 2.07. The minimum atomic E-state index is -0.879. The van der Waals surface area contributed by atoms with Gasteiger partial charge < -0.3 is 10.4 Å². The molecule has 0 saturated carbocycles. The molecule has 1 aromatic heterocycles. The number of benzene rings is 1. The van der Waals surface area contributed by atoms with Crippen molar-refractivity contribution in [3.8, 4) is 5.69 Å². The summed E-state index contributed by atoms with van der Waals surface area (Å²) in [5.74, 6) is -1.22. The highest BCUT2D eigenvalue weighted by Crippen LogP contribution is 2.13. The molecule has 7 nitrogen and oxygen atoms in total. The SMILES string of the molecule is Cc1cccc(-n2nnc(C(=O)NCCCC(=O)O)c2C)c1. The van der Waals surface area contributed by atoms with Gasteiger partial charge in [-0.2, -0.15) is 0 Å². The van der Waals surface area contributed by atoms with Crippen LogP contribution in [0.15, 0.2) is 24.3 Å². The number of carboxylic acid groups (broad SMARTS) is 1. The van der Waals surface area contributed by atoms with Crippen molar-refractivity contribution in [2.45, 2.75) is 26.7 Å². The van der Waals surface area contributed by atoms with Gasteiger partial charge in [0.25, 0.3) is 5.91 Å². The van der Waals surface area contributed by atoms with Gasteiger partial charge in [-0.15, -0.1) is 5.10 Å². The number of carbonyl (C=O) groups excluding carboxylic acids is 1. The van der Waals surface area contributed by atoms with Crippen molar-refractivity contribution in [3.63, 3.8) is 0 Å². The second-order valence-corrected chi connectivity index (χ2v) is 5.03. The Labute approximate surface area is 128 Å². The van der Waals surface area contributed by atoms with Crippen LogP contribution in [-0.4, -0.2) is 38.5 Å². The van der Waals surface area contributed by atoms with Crippen molar-refractivity contribution >= 4 is 11.9 Å². The number of nitrogens with one attached hydrogen (secondary N) is 1. The molecule has 1 amide bonds. The zero-order chi connectivity index (χ0) is 16.1. The van der Waals surface area contributed by atoms with E-state index in [0.717, 1.165) is 11.3 Å². The smallest absolute Gasteiger partial charge is 0.303 e. The van der Waals surface area contributed by atoms with Crippen LogP contribution in [0.2, 0.25) is 0 Å². The molecule has 1 aromatic carbocycles. The fourth-order valence-electron chi connectivity index (χ4n) is 2.07. The maximum atomic E-state index is 12.0. The number of amides is 1. The van der Waals surface area contributed by atoms with Gasteiger partial charge in [0.1, 0.15) is 0 Å². The lowest BCUT2D eigenvalue weighted by Gasteiger charge is -2.05. The number of carbonyl (C=O) groups is 2. The quantitative estimate of drug-likeness (QED) is 0.788. The monoisotopic (exact) mass is 302 g/mol. The van der Waals surface area contributed by atoms with Gasteiger partial charge in [-0.3, -0.25) is 9.59 Å². The van der Waals surface area contributed by atoms with Crippen molar-refractivity contribution < 1.29 is 14.7 Å². The summed E-state index contributed by atoms with van der Waals surface area (Å²) in [5, 5.41) is 19.1. The Morgan fingerprint density at radius 2 is 2.09 bits per heavy atom. The van der Waals surface area contributed by atoms with Crippen LogP contribution < -0.4 is 5.32 Å². The second kappa shape index (κ2) is 6.84. The molecule has 0 aliphatic carbocycles. The van der Waals surface area contributed by atoms with E-state index < -0.39 is 5.97 Å². The maximum absolute atomic E-state index is 12.0. The van der Waals surface area contributed by atoms with Crippen LogP contribution >= 0.6 is 0 Å². The van der Waals surface area contributed by atoms with Crippen LogP contribution in [0.1, 0.15) is 34.6 Å². The first-order valence-electron chi connectivity index (χ1n) is 6.98. The molecular formula is C15H18N4O3. The van der Waals surface area contributed by atoms with Gasteiger partial charge in [0, 0.05) is 13.0 Å². The number of nitrogens with zero attached hydrogens (tertiary/aromatic N) is 3. The van der Waals surface area contributed by atoms with E-state index in [9.17, 15) is 9.59 Å². The molecule has 0 aliphatic rings. The van der Waals surface area contributed by atoms with Gasteiger partial charge in [0.05, 0.1) is 11.4 Å². The summed E-state index contributed by atoms with van der Waals surface area (Å²) >= 11 is 0. The molecule has 0 aliphatic heterocycles.